The number of thioether (sulfide) groups is 1. The van der Waals surface area contributed by atoms with E-state index in [1.807, 2.05) is 48.5 Å². The molecule has 0 aromatic heterocycles. The molecule has 1 atom stereocenters. The maximum Gasteiger partial charge on any atom is 0.183 e. The predicted molar refractivity (Wildman–Crippen MR) is 87.3 cm³/mol. The smallest absolute Gasteiger partial charge is 0.183 e. The van der Waals surface area contributed by atoms with Crippen LogP contribution in [-0.2, 0) is 0 Å². The van der Waals surface area contributed by atoms with Gasteiger partial charge in [0.2, 0.25) is 0 Å². The number of nitrogens with one attached hydrogen (secondary N) is 1. The van der Waals surface area contributed by atoms with Gasteiger partial charge in [0.1, 0.15) is 5.25 Å². The molecule has 4 heteroatoms. The minimum absolute atomic E-state index is 0.125. The van der Waals surface area contributed by atoms with Gasteiger partial charge in [-0.25, -0.2) is 0 Å². The zero-order chi connectivity index (χ0) is 14.1. The van der Waals surface area contributed by atoms with Gasteiger partial charge in [0, 0.05) is 26.3 Å². The van der Waals surface area contributed by atoms with Crippen LogP contribution in [0.4, 0.5) is 5.69 Å². The maximum absolute atomic E-state index is 12.4. The Bertz CT molecular complexity index is 681. The summed E-state index contributed by atoms with van der Waals surface area (Å²) in [6.45, 7) is 4.02. The molecule has 0 saturated heterocycles. The molecular formula is C16H12BrNOS. The Balaban J connectivity index is 1.77. The average Bonchev–Trinajstić information content (AvgIpc) is 2.79. The van der Waals surface area contributed by atoms with E-state index in [4.69, 9.17) is 0 Å². The third-order valence-corrected chi connectivity index (χ3v) is 4.97. The molecule has 1 aliphatic rings. The van der Waals surface area contributed by atoms with Crippen LogP contribution in [0.2, 0.25) is 0 Å². The molecule has 0 aliphatic carbocycles. The van der Waals surface area contributed by atoms with Crippen molar-refractivity contribution in [1.29, 1.82) is 0 Å². The second-order valence-corrected chi connectivity index (χ2v) is 6.58. The molecule has 1 N–H and O–H groups in total. The van der Waals surface area contributed by atoms with Crippen molar-refractivity contribution in [2.45, 2.75) is 10.1 Å². The summed E-state index contributed by atoms with van der Waals surface area (Å²) in [6, 6.07) is 15.5. The fourth-order valence-electron chi connectivity index (χ4n) is 2.11. The molecule has 0 bridgehead atoms. The Morgan fingerprint density at radius 3 is 2.55 bits per heavy atom. The van der Waals surface area contributed by atoms with Crippen molar-refractivity contribution in [2.24, 2.45) is 0 Å². The Labute approximate surface area is 130 Å². The Morgan fingerprint density at radius 1 is 1.15 bits per heavy atom. The summed E-state index contributed by atoms with van der Waals surface area (Å²) in [7, 11) is 0. The molecule has 1 aliphatic heterocycles. The van der Waals surface area contributed by atoms with Gasteiger partial charge in [0.05, 0.1) is 0 Å². The zero-order valence-electron chi connectivity index (χ0n) is 10.6. The highest BCUT2D eigenvalue weighted by molar-refractivity contribution is 9.10. The fourth-order valence-corrected chi connectivity index (χ4v) is 3.51. The third kappa shape index (κ3) is 2.53. The molecule has 0 radical (unpaired) electrons. The second kappa shape index (κ2) is 5.46. The van der Waals surface area contributed by atoms with Crippen LogP contribution in [-0.4, -0.2) is 11.0 Å². The first kappa shape index (κ1) is 13.5. The van der Waals surface area contributed by atoms with Crippen LogP contribution >= 0.6 is 27.7 Å². The molecule has 0 saturated carbocycles. The van der Waals surface area contributed by atoms with Gasteiger partial charge in [0.15, 0.2) is 5.78 Å². The van der Waals surface area contributed by atoms with E-state index in [1.165, 1.54) is 0 Å². The lowest BCUT2D eigenvalue weighted by Crippen LogP contribution is -2.19. The molecule has 3 rings (SSSR count). The number of halogens is 1. The summed E-state index contributed by atoms with van der Waals surface area (Å²) in [4.78, 5) is 13.4. The molecule has 0 amide bonds. The number of benzene rings is 2. The molecule has 0 fully saturated rings. The lowest BCUT2D eigenvalue weighted by Gasteiger charge is -2.14. The van der Waals surface area contributed by atoms with Crippen LogP contribution in [0.25, 0.3) is 0 Å². The molecule has 0 unspecified atom stereocenters. The monoisotopic (exact) mass is 345 g/mol. The van der Waals surface area contributed by atoms with E-state index in [2.05, 4.69) is 27.8 Å². The molecule has 2 aromatic carbocycles. The van der Waals surface area contributed by atoms with Crippen molar-refractivity contribution in [1.82, 2.24) is 0 Å². The number of Topliss-reactive ketones (excluding diaryl/α,β-unsaturated/α-hetero) is 1. The van der Waals surface area contributed by atoms with Crippen LogP contribution < -0.4 is 5.32 Å². The van der Waals surface area contributed by atoms with Gasteiger partial charge in [-0.15, -0.1) is 11.8 Å². The summed E-state index contributed by atoms with van der Waals surface area (Å²) in [5.41, 5.74) is 2.45. The van der Waals surface area contributed by atoms with Crippen molar-refractivity contribution in [2.75, 3.05) is 5.32 Å². The Kier molecular flexibility index (Phi) is 3.68. The molecule has 2 nitrogen and oxygen atoms in total. The van der Waals surface area contributed by atoms with Gasteiger partial charge in [0.25, 0.3) is 0 Å². The lowest BCUT2D eigenvalue weighted by atomic mass is 10.1. The van der Waals surface area contributed by atoms with Crippen molar-refractivity contribution >= 4 is 39.2 Å². The highest BCUT2D eigenvalue weighted by Crippen LogP contribution is 2.39. The summed E-state index contributed by atoms with van der Waals surface area (Å²) in [5, 5.41) is 2.97. The molecular weight excluding hydrogens is 334 g/mol. The number of rotatable bonds is 3. The van der Waals surface area contributed by atoms with E-state index in [9.17, 15) is 4.79 Å². The van der Waals surface area contributed by atoms with E-state index < -0.39 is 0 Å². The number of ketones is 1. The lowest BCUT2D eigenvalue weighted by molar-refractivity contribution is 0.100. The molecule has 100 valence electrons. The first-order valence-electron chi connectivity index (χ1n) is 6.16. The second-order valence-electron chi connectivity index (χ2n) is 4.52. The van der Waals surface area contributed by atoms with Gasteiger partial charge in [-0.1, -0.05) is 40.7 Å². The SMILES string of the molecule is C=C(Nc1ccc(Br)cc1)[C@H]1Sc2ccccc2C1=O. The van der Waals surface area contributed by atoms with Gasteiger partial charge in [-0.2, -0.15) is 0 Å². The fraction of sp³-hybridized carbons (Fsp3) is 0.0625. The molecule has 1 heterocycles. The van der Waals surface area contributed by atoms with E-state index in [0.717, 1.165) is 26.3 Å². The first-order valence-corrected chi connectivity index (χ1v) is 7.84. The van der Waals surface area contributed by atoms with E-state index in [-0.39, 0.29) is 11.0 Å². The summed E-state index contributed by atoms with van der Waals surface area (Å²) >= 11 is 4.95. The Hall–Kier alpha value is -1.52. The number of hydrogen-bond donors (Lipinski definition) is 1. The largest absolute Gasteiger partial charge is 0.358 e. The van der Waals surface area contributed by atoms with Crippen molar-refractivity contribution in [3.05, 3.63) is 70.8 Å². The van der Waals surface area contributed by atoms with Gasteiger partial charge < -0.3 is 5.32 Å². The Morgan fingerprint density at radius 2 is 1.85 bits per heavy atom. The average molecular weight is 346 g/mol. The molecule has 20 heavy (non-hydrogen) atoms. The van der Waals surface area contributed by atoms with Crippen LogP contribution in [0, 0.1) is 0 Å². The summed E-state index contributed by atoms with van der Waals surface area (Å²) in [6.07, 6.45) is 0. The summed E-state index contributed by atoms with van der Waals surface area (Å²) < 4.78 is 1.02. The molecule has 0 spiro atoms. The number of carbonyl (C=O) groups excluding carboxylic acids is 1. The number of anilines is 1. The molecule has 2 aromatic rings. The number of fused-ring (bicyclic) bond motifs is 1. The topological polar surface area (TPSA) is 29.1 Å². The van der Waals surface area contributed by atoms with Crippen LogP contribution in [0.15, 0.2) is 70.2 Å². The van der Waals surface area contributed by atoms with Gasteiger partial charge in [-0.3, -0.25) is 4.79 Å². The van der Waals surface area contributed by atoms with E-state index in [0.29, 0.717) is 0 Å². The minimum atomic E-state index is -0.254. The van der Waals surface area contributed by atoms with Crippen LogP contribution in [0.1, 0.15) is 10.4 Å². The first-order chi connectivity index (χ1) is 9.65. The van der Waals surface area contributed by atoms with Crippen molar-refractivity contribution in [3.63, 3.8) is 0 Å². The van der Waals surface area contributed by atoms with Crippen LogP contribution in [0.5, 0.6) is 0 Å². The number of carbonyl (C=O) groups is 1. The maximum atomic E-state index is 12.4. The normalized spacial score (nSPS) is 16.9. The standard InChI is InChI=1S/C16H12BrNOS/c1-10(18-12-8-6-11(17)7-9-12)16-15(19)13-4-2-3-5-14(13)20-16/h2-9,16,18H,1H2/t16-/m1/s1. The van der Waals surface area contributed by atoms with E-state index >= 15 is 0 Å². The predicted octanol–water partition coefficient (Wildman–Crippen LogP) is 4.73. The highest BCUT2D eigenvalue weighted by atomic mass is 79.9. The third-order valence-electron chi connectivity index (χ3n) is 3.10. The van der Waals surface area contributed by atoms with Crippen LogP contribution in [0.3, 0.4) is 0 Å². The van der Waals surface area contributed by atoms with E-state index in [1.54, 1.807) is 11.8 Å². The summed E-state index contributed by atoms with van der Waals surface area (Å²) in [5.74, 6) is 0.125. The quantitative estimate of drug-likeness (QED) is 0.871. The van der Waals surface area contributed by atoms with Gasteiger partial charge >= 0.3 is 0 Å². The number of hydrogen-bond acceptors (Lipinski definition) is 3. The highest BCUT2D eigenvalue weighted by Gasteiger charge is 2.33. The van der Waals surface area contributed by atoms with Gasteiger partial charge in [-0.05, 0) is 30.3 Å². The van der Waals surface area contributed by atoms with Crippen molar-refractivity contribution < 1.29 is 4.79 Å². The zero-order valence-corrected chi connectivity index (χ0v) is 13.0. The van der Waals surface area contributed by atoms with Crippen molar-refractivity contribution in [3.8, 4) is 0 Å². The minimum Gasteiger partial charge on any atom is -0.358 e.